The molecule has 8 heteroatoms. The third kappa shape index (κ3) is 203. The summed E-state index contributed by atoms with van der Waals surface area (Å²) in [4.78, 5) is 25.6. The number of rotatable bonds is 0. The van der Waals surface area contributed by atoms with Crippen LogP contribution in [0.2, 0.25) is 0 Å². The van der Waals surface area contributed by atoms with Crippen LogP contribution in [0, 0.1) is 0 Å². The average molecular weight is 178 g/mol. The van der Waals surface area contributed by atoms with Gasteiger partial charge in [-0.3, -0.25) is 4.70 Å². The summed E-state index contributed by atoms with van der Waals surface area (Å²) in [7, 11) is -5.39. The number of hydrogen-bond donors (Lipinski definition) is 0. The van der Waals surface area contributed by atoms with E-state index in [4.69, 9.17) is 19.2 Å². The van der Waals surface area contributed by atoms with E-state index in [9.17, 15) is 0 Å². The minimum atomic E-state index is -5.39. The van der Waals surface area contributed by atoms with Crippen molar-refractivity contribution in [1.82, 2.24) is 0 Å². The van der Waals surface area contributed by atoms with Crippen LogP contribution < -0.4 is 33.5 Å². The van der Waals surface area contributed by atoms with Gasteiger partial charge >= 0.3 is 35.9 Å². The molecule has 0 radical (unpaired) electrons. The summed E-state index contributed by atoms with van der Waals surface area (Å²) >= 11 is 0. The maximum absolute atomic E-state index is 8.55. The van der Waals surface area contributed by atoms with Crippen LogP contribution in [-0.4, -0.2) is 0 Å². The van der Waals surface area contributed by atoms with Crippen molar-refractivity contribution in [3.8, 4) is 0 Å². The second kappa shape index (κ2) is 8.16. The second-order valence-electron chi connectivity index (χ2n) is 0.447. The van der Waals surface area contributed by atoms with E-state index in [1.165, 1.54) is 0 Å². The maximum atomic E-state index is 8.55. The minimum Gasteiger partial charge on any atom is -0.822 e. The zero-order valence-electron chi connectivity index (χ0n) is 3.84. The molecule has 46 valence electrons. The van der Waals surface area contributed by atoms with Gasteiger partial charge in [0.25, 0.3) is 0 Å². The number of halogens is 1. The summed E-state index contributed by atoms with van der Waals surface area (Å²) < 4.78 is 8.55. The van der Waals surface area contributed by atoms with Gasteiger partial charge in [0.15, 0.2) is 0 Å². The molecule has 0 bridgehead atoms. The molecule has 0 aliphatic heterocycles. The standard InChI is InChI=1S/FH.Fe.Li.H3O4P/c;;;1-5(2,3)4/h1H;;;(H3,1,2,3,4)/q;+2;+1;/p-3. The molecule has 0 amide bonds. The summed E-state index contributed by atoms with van der Waals surface area (Å²) in [6.07, 6.45) is 0. The van der Waals surface area contributed by atoms with Crippen molar-refractivity contribution < 1.29 is 59.9 Å². The molecule has 0 aliphatic carbocycles. The van der Waals surface area contributed by atoms with Crippen molar-refractivity contribution >= 4 is 7.82 Å². The summed E-state index contributed by atoms with van der Waals surface area (Å²) in [6.45, 7) is 0. The van der Waals surface area contributed by atoms with Crippen molar-refractivity contribution in [2.24, 2.45) is 0 Å². The smallest absolute Gasteiger partial charge is 0.822 e. The third-order valence-corrected chi connectivity index (χ3v) is 0. The Bertz CT molecular complexity index is 62.2. The fourth-order valence-electron chi connectivity index (χ4n) is 0. The van der Waals surface area contributed by atoms with Crippen molar-refractivity contribution in [2.45, 2.75) is 0 Å². The molecule has 0 N–H and O–H groups in total. The molecular weight excluding hydrogens is 177 g/mol. The van der Waals surface area contributed by atoms with E-state index in [-0.39, 0.29) is 40.6 Å². The van der Waals surface area contributed by atoms with E-state index in [0.29, 0.717) is 0 Å². The van der Waals surface area contributed by atoms with Gasteiger partial charge in [0.05, 0.1) is 0 Å². The molecule has 0 unspecified atom stereocenters. The SMILES string of the molecule is F.O=P([O-])([O-])[O-].[Fe+2].[Li+]. The first kappa shape index (κ1) is 22.9. The molecule has 0 aliphatic rings. The Kier molecular flexibility index (Phi) is 23.4. The van der Waals surface area contributed by atoms with Crippen LogP contribution in [-0.2, 0) is 21.6 Å². The first-order valence-electron chi connectivity index (χ1n) is 0.730. The van der Waals surface area contributed by atoms with Crippen LogP contribution in [0.3, 0.4) is 0 Å². The van der Waals surface area contributed by atoms with Gasteiger partial charge in [-0.25, -0.2) is 0 Å². The van der Waals surface area contributed by atoms with Crippen LogP contribution in [0.5, 0.6) is 0 Å². The van der Waals surface area contributed by atoms with Gasteiger partial charge in [-0.1, -0.05) is 0 Å². The second-order valence-corrected chi connectivity index (χ2v) is 1.34. The molecule has 0 rings (SSSR count). The van der Waals surface area contributed by atoms with E-state index in [1.807, 2.05) is 0 Å². The molecule has 0 heterocycles. The minimum absolute atomic E-state index is 0. The summed E-state index contributed by atoms with van der Waals surface area (Å²) in [5.41, 5.74) is 0. The summed E-state index contributed by atoms with van der Waals surface area (Å²) in [5.74, 6) is 0. The Morgan fingerprint density at radius 2 is 1.12 bits per heavy atom. The zero-order valence-corrected chi connectivity index (χ0v) is 5.84. The molecule has 8 heavy (non-hydrogen) atoms. The summed E-state index contributed by atoms with van der Waals surface area (Å²) in [5, 5.41) is 0. The fourth-order valence-corrected chi connectivity index (χ4v) is 0. The Morgan fingerprint density at radius 3 is 1.12 bits per heavy atom. The van der Waals surface area contributed by atoms with Gasteiger partial charge in [0.2, 0.25) is 0 Å². The quantitative estimate of drug-likeness (QED) is 0.273. The Hall–Kier alpha value is 1.16. The van der Waals surface area contributed by atoms with Crippen molar-refractivity contribution in [3.05, 3.63) is 0 Å². The van der Waals surface area contributed by atoms with Crippen molar-refractivity contribution in [3.63, 3.8) is 0 Å². The largest absolute Gasteiger partial charge is 2.00 e. The van der Waals surface area contributed by atoms with Crippen LogP contribution in [0.1, 0.15) is 0 Å². The van der Waals surface area contributed by atoms with Gasteiger partial charge in [0, 0.05) is 0 Å². The first-order valence-corrected chi connectivity index (χ1v) is 2.19. The van der Waals surface area contributed by atoms with E-state index in [1.54, 1.807) is 0 Å². The molecule has 0 fully saturated rings. The van der Waals surface area contributed by atoms with Crippen LogP contribution >= 0.6 is 7.82 Å². The van der Waals surface area contributed by atoms with Crippen LogP contribution in [0.25, 0.3) is 0 Å². The fraction of sp³-hybridized carbons (Fsp3) is 0. The predicted molar refractivity (Wildman–Crippen MR) is 10.1 cm³/mol. The molecule has 0 aromatic heterocycles. The van der Waals surface area contributed by atoms with E-state index in [0.717, 1.165) is 0 Å². The van der Waals surface area contributed by atoms with Crippen LogP contribution in [0.15, 0.2) is 0 Å². The number of phosphoric acid groups is 1. The van der Waals surface area contributed by atoms with Gasteiger partial charge in [-0.15, -0.1) is 0 Å². The molecule has 0 atom stereocenters. The third-order valence-electron chi connectivity index (χ3n) is 0. The van der Waals surface area contributed by atoms with E-state index in [2.05, 4.69) is 0 Å². The Morgan fingerprint density at radius 1 is 1.12 bits per heavy atom. The average Bonchev–Trinajstić information content (AvgIpc) is 0.722. The van der Waals surface area contributed by atoms with Gasteiger partial charge in [-0.2, -0.15) is 7.82 Å². The van der Waals surface area contributed by atoms with E-state index >= 15 is 0 Å². The van der Waals surface area contributed by atoms with E-state index < -0.39 is 7.82 Å². The molecule has 0 saturated heterocycles. The molecule has 0 spiro atoms. The van der Waals surface area contributed by atoms with Crippen LogP contribution in [0.4, 0.5) is 4.70 Å². The van der Waals surface area contributed by atoms with Gasteiger partial charge in [0.1, 0.15) is 0 Å². The van der Waals surface area contributed by atoms with Crippen molar-refractivity contribution in [2.75, 3.05) is 0 Å². The normalized spacial score (nSPS) is 7.38. The number of hydrogen-bond acceptors (Lipinski definition) is 4. The first-order chi connectivity index (χ1) is 2.00. The topological polar surface area (TPSA) is 86.2 Å². The molecule has 4 nitrogen and oxygen atoms in total. The summed E-state index contributed by atoms with van der Waals surface area (Å²) in [6, 6.07) is 0. The zero-order chi connectivity index (χ0) is 4.50. The molecule has 0 aromatic rings. The van der Waals surface area contributed by atoms with Crippen molar-refractivity contribution in [1.29, 1.82) is 0 Å². The molecular formula is HFFeLiO4P. The monoisotopic (exact) mass is 178 g/mol. The van der Waals surface area contributed by atoms with Gasteiger partial charge in [-0.05, 0) is 0 Å². The van der Waals surface area contributed by atoms with Gasteiger partial charge < -0.3 is 19.2 Å². The Balaban J connectivity index is -0.0000000267. The maximum Gasteiger partial charge on any atom is 2.00 e. The molecule has 0 aromatic carbocycles. The molecule has 0 saturated carbocycles. The Labute approximate surface area is 67.9 Å². The predicted octanol–water partition coefficient (Wildman–Crippen LogP) is -5.67.